The molecule has 0 aliphatic heterocycles. The van der Waals surface area contributed by atoms with E-state index in [4.69, 9.17) is 5.11 Å². The van der Waals surface area contributed by atoms with Crippen LogP contribution in [0.1, 0.15) is 26.4 Å². The normalized spacial score (nSPS) is 10.6. The molecule has 0 amide bonds. The maximum absolute atomic E-state index is 11.8. The lowest BCUT2D eigenvalue weighted by atomic mass is 10.1. The lowest BCUT2D eigenvalue weighted by Gasteiger charge is -2.15. The van der Waals surface area contributed by atoms with Crippen molar-refractivity contribution in [1.29, 1.82) is 0 Å². The SMILES string of the molecule is COC(=O)c1c(C)c(=O)c(C(=O)O)cn1NPP. The molecule has 0 aliphatic carbocycles. The molecule has 2 unspecified atom stereocenters. The second-order valence-corrected chi connectivity index (χ2v) is 4.65. The van der Waals surface area contributed by atoms with E-state index >= 15 is 0 Å². The zero-order chi connectivity index (χ0) is 13.9. The minimum atomic E-state index is -1.35. The number of carbonyl (C=O) groups excluding carboxylic acids is 1. The number of esters is 1. The Labute approximate surface area is 106 Å². The van der Waals surface area contributed by atoms with E-state index in [9.17, 15) is 14.4 Å². The van der Waals surface area contributed by atoms with Crippen molar-refractivity contribution >= 4 is 29.3 Å². The van der Waals surface area contributed by atoms with Gasteiger partial charge in [0.2, 0.25) is 0 Å². The number of hydrogen-bond donors (Lipinski definition) is 2. The van der Waals surface area contributed by atoms with Crippen LogP contribution >= 0.6 is 17.3 Å². The molecule has 0 bridgehead atoms. The van der Waals surface area contributed by atoms with Crippen molar-refractivity contribution in [3.63, 3.8) is 0 Å². The van der Waals surface area contributed by atoms with Crippen molar-refractivity contribution in [1.82, 2.24) is 4.68 Å². The number of aromatic carboxylic acids is 1. The smallest absolute Gasteiger partial charge is 0.357 e. The minimum Gasteiger partial charge on any atom is -0.477 e. The number of carbonyl (C=O) groups is 2. The third-order valence-electron chi connectivity index (χ3n) is 2.23. The van der Waals surface area contributed by atoms with Crippen LogP contribution < -0.4 is 10.6 Å². The third-order valence-corrected chi connectivity index (χ3v) is 2.99. The van der Waals surface area contributed by atoms with E-state index < -0.39 is 22.9 Å². The van der Waals surface area contributed by atoms with E-state index in [0.717, 1.165) is 6.20 Å². The zero-order valence-electron chi connectivity index (χ0n) is 9.68. The van der Waals surface area contributed by atoms with E-state index in [2.05, 4.69) is 18.9 Å². The molecular weight excluding hydrogens is 278 g/mol. The van der Waals surface area contributed by atoms with Gasteiger partial charge in [-0.2, -0.15) is 0 Å². The van der Waals surface area contributed by atoms with Gasteiger partial charge in [-0.05, 0) is 6.92 Å². The van der Waals surface area contributed by atoms with Gasteiger partial charge in [0.05, 0.1) is 7.11 Å². The summed E-state index contributed by atoms with van der Waals surface area (Å²) in [4.78, 5) is 34.3. The topological polar surface area (TPSA) is 97.6 Å². The summed E-state index contributed by atoms with van der Waals surface area (Å²) in [6.45, 7) is 1.38. The van der Waals surface area contributed by atoms with Gasteiger partial charge in [0.15, 0.2) is 11.1 Å². The van der Waals surface area contributed by atoms with Crippen LogP contribution in [0.25, 0.3) is 0 Å². The van der Waals surface area contributed by atoms with Gasteiger partial charge in [-0.15, -0.1) is 0 Å². The van der Waals surface area contributed by atoms with Gasteiger partial charge in [0, 0.05) is 20.2 Å². The van der Waals surface area contributed by atoms with Crippen LogP contribution in [0.3, 0.4) is 0 Å². The van der Waals surface area contributed by atoms with E-state index in [-0.39, 0.29) is 19.7 Å². The van der Waals surface area contributed by atoms with Crippen molar-refractivity contribution in [2.75, 3.05) is 12.3 Å². The average molecular weight is 290 g/mol. The summed E-state index contributed by atoms with van der Waals surface area (Å²) in [5.41, 5.74) is -1.09. The van der Waals surface area contributed by atoms with Gasteiger partial charge < -0.3 is 15.0 Å². The number of nitrogens with zero attached hydrogens (tertiary/aromatic N) is 1. The summed E-state index contributed by atoms with van der Waals surface area (Å²) in [6, 6.07) is 0. The van der Waals surface area contributed by atoms with Gasteiger partial charge in [-0.25, -0.2) is 9.59 Å². The fourth-order valence-corrected chi connectivity index (χ4v) is 2.13. The molecule has 98 valence electrons. The maximum atomic E-state index is 11.8. The van der Waals surface area contributed by atoms with E-state index in [1.54, 1.807) is 0 Å². The lowest BCUT2D eigenvalue weighted by molar-refractivity contribution is 0.0585. The maximum Gasteiger partial charge on any atom is 0.357 e. The highest BCUT2D eigenvalue weighted by atomic mass is 32.0. The van der Waals surface area contributed by atoms with Gasteiger partial charge in [0.25, 0.3) is 0 Å². The Bertz CT molecular complexity index is 555. The Morgan fingerprint density at radius 3 is 2.61 bits per heavy atom. The first kappa shape index (κ1) is 14.6. The Kier molecular flexibility index (Phi) is 4.82. The number of pyridine rings is 1. The van der Waals surface area contributed by atoms with Crippen LogP contribution in [0.5, 0.6) is 0 Å². The highest BCUT2D eigenvalue weighted by Crippen LogP contribution is 2.18. The van der Waals surface area contributed by atoms with Crippen molar-refractivity contribution < 1.29 is 19.4 Å². The van der Waals surface area contributed by atoms with Crippen molar-refractivity contribution in [2.45, 2.75) is 6.92 Å². The molecule has 9 heteroatoms. The lowest BCUT2D eigenvalue weighted by Crippen LogP contribution is -2.28. The fraction of sp³-hybridized carbons (Fsp3) is 0.222. The summed E-state index contributed by atoms with van der Waals surface area (Å²) in [5, 5.41) is 11.7. The van der Waals surface area contributed by atoms with Crippen LogP contribution in [0.15, 0.2) is 11.0 Å². The highest BCUT2D eigenvalue weighted by molar-refractivity contribution is 8.03. The van der Waals surface area contributed by atoms with Gasteiger partial charge >= 0.3 is 11.9 Å². The molecule has 1 aromatic rings. The number of rotatable bonds is 4. The van der Waals surface area contributed by atoms with E-state index in [0.29, 0.717) is 0 Å². The minimum absolute atomic E-state index is 0.0116. The van der Waals surface area contributed by atoms with Crippen LogP contribution in [-0.4, -0.2) is 28.8 Å². The number of nitrogens with one attached hydrogen (secondary N) is 1. The first-order valence-electron chi connectivity index (χ1n) is 4.73. The summed E-state index contributed by atoms with van der Waals surface area (Å²) in [6.07, 6.45) is 1.07. The summed E-state index contributed by atoms with van der Waals surface area (Å²) < 4.78 is 5.76. The van der Waals surface area contributed by atoms with Crippen molar-refractivity contribution in [3.8, 4) is 0 Å². The molecule has 0 aromatic carbocycles. The summed E-state index contributed by atoms with van der Waals surface area (Å²) in [7, 11) is 3.71. The summed E-state index contributed by atoms with van der Waals surface area (Å²) in [5.74, 6) is -2.06. The molecule has 0 fully saturated rings. The van der Waals surface area contributed by atoms with Gasteiger partial charge in [-0.3, -0.25) is 9.47 Å². The molecule has 1 heterocycles. The Morgan fingerprint density at radius 1 is 1.56 bits per heavy atom. The van der Waals surface area contributed by atoms with Crippen LogP contribution in [0.4, 0.5) is 0 Å². The molecule has 2 N–H and O–H groups in total. The standard InChI is InChI=1S/C9H12N2O5P2/c1-4-6(9(15)16-2)11(10-18-17)3-5(7(4)12)8(13)14/h3,10,18H,17H2,1-2H3,(H,13,14). The molecule has 0 spiro atoms. The van der Waals surface area contributed by atoms with Crippen molar-refractivity contribution in [2.24, 2.45) is 0 Å². The first-order valence-corrected chi connectivity index (χ1v) is 7.54. The van der Waals surface area contributed by atoms with E-state index in [1.807, 2.05) is 0 Å². The number of ether oxygens (including phenoxy) is 1. The molecule has 0 saturated heterocycles. The number of aromatic nitrogens is 1. The fourth-order valence-electron chi connectivity index (χ4n) is 1.40. The predicted octanol–water partition coefficient (Wildman–Crippen LogP) is 0.569. The zero-order valence-corrected chi connectivity index (χ0v) is 11.8. The van der Waals surface area contributed by atoms with Crippen LogP contribution in [0, 0.1) is 6.92 Å². The Balaban J connectivity index is 3.60. The molecule has 7 nitrogen and oxygen atoms in total. The third kappa shape index (κ3) is 2.68. The second kappa shape index (κ2) is 5.94. The van der Waals surface area contributed by atoms with Crippen molar-refractivity contribution in [3.05, 3.63) is 33.2 Å². The Hall–Kier alpha value is -1.45. The average Bonchev–Trinajstić information content (AvgIpc) is 2.33. The molecule has 1 rings (SSSR count). The molecule has 1 aromatic heterocycles. The van der Waals surface area contributed by atoms with Gasteiger partial charge in [0.1, 0.15) is 5.56 Å². The predicted molar refractivity (Wildman–Crippen MR) is 71.1 cm³/mol. The first-order chi connectivity index (χ1) is 8.43. The molecular formula is C9H12N2O5P2. The van der Waals surface area contributed by atoms with E-state index in [1.165, 1.54) is 18.7 Å². The molecule has 0 radical (unpaired) electrons. The molecule has 0 aliphatic rings. The monoisotopic (exact) mass is 290 g/mol. The van der Waals surface area contributed by atoms with Crippen LogP contribution in [-0.2, 0) is 4.74 Å². The number of carboxylic acid groups (broad SMARTS) is 1. The molecule has 0 saturated carbocycles. The highest BCUT2D eigenvalue weighted by Gasteiger charge is 2.21. The largest absolute Gasteiger partial charge is 0.477 e. The Morgan fingerprint density at radius 2 is 2.17 bits per heavy atom. The quantitative estimate of drug-likeness (QED) is 0.621. The second-order valence-electron chi connectivity index (χ2n) is 3.27. The van der Waals surface area contributed by atoms with Crippen LogP contribution in [0.2, 0.25) is 0 Å². The number of hydrogen-bond acceptors (Lipinski definition) is 5. The van der Waals surface area contributed by atoms with Gasteiger partial charge in [-0.1, -0.05) is 8.93 Å². The molecule has 2 atom stereocenters. The summed E-state index contributed by atoms with van der Waals surface area (Å²) >= 11 is 0. The number of carboxylic acids is 1. The molecule has 18 heavy (non-hydrogen) atoms. The number of methoxy groups -OCH3 is 1.